The molecule has 0 radical (unpaired) electrons. The molecular weight excluding hydrogens is 256 g/mol. The summed E-state index contributed by atoms with van der Waals surface area (Å²) in [5.41, 5.74) is 5.81. The second-order valence-corrected chi connectivity index (χ2v) is 5.16. The average molecular weight is 277 g/mol. The summed E-state index contributed by atoms with van der Waals surface area (Å²) in [4.78, 5) is 24.5. The van der Waals surface area contributed by atoms with Gasteiger partial charge in [0.25, 0.3) is 0 Å². The number of carbonyl (C=O) groups excluding carboxylic acids is 1. The van der Waals surface area contributed by atoms with E-state index in [1.54, 1.807) is 0 Å². The van der Waals surface area contributed by atoms with Crippen molar-refractivity contribution in [2.75, 3.05) is 6.54 Å². The minimum Gasteiger partial charge on any atom is -0.480 e. The molecular formula is C12H21ClN2O3. The molecule has 1 saturated carbocycles. The van der Waals surface area contributed by atoms with Crippen molar-refractivity contribution >= 4 is 24.3 Å². The summed E-state index contributed by atoms with van der Waals surface area (Å²) in [6.07, 6.45) is 5.94. The lowest BCUT2D eigenvalue weighted by atomic mass is 9.81. The molecule has 2 unspecified atom stereocenters. The molecule has 0 spiro atoms. The van der Waals surface area contributed by atoms with Crippen LogP contribution in [0.25, 0.3) is 0 Å². The van der Waals surface area contributed by atoms with Crippen molar-refractivity contribution in [2.24, 2.45) is 11.7 Å². The highest BCUT2D eigenvalue weighted by Crippen LogP contribution is 2.34. The zero-order valence-corrected chi connectivity index (χ0v) is 11.2. The molecule has 1 aliphatic heterocycles. The molecule has 6 heteroatoms. The molecule has 3 N–H and O–H groups in total. The number of fused-ring (bicyclic) bond motifs is 1. The van der Waals surface area contributed by atoms with Crippen LogP contribution in [0, 0.1) is 5.92 Å². The van der Waals surface area contributed by atoms with Gasteiger partial charge in [-0.15, -0.1) is 12.4 Å². The van der Waals surface area contributed by atoms with Crippen LogP contribution in [0.5, 0.6) is 0 Å². The van der Waals surface area contributed by atoms with Crippen molar-refractivity contribution in [1.82, 2.24) is 4.90 Å². The number of amides is 1. The third kappa shape index (κ3) is 3.14. The molecule has 1 heterocycles. The topological polar surface area (TPSA) is 83.6 Å². The first kappa shape index (κ1) is 15.2. The van der Waals surface area contributed by atoms with Gasteiger partial charge in [-0.05, 0) is 31.6 Å². The van der Waals surface area contributed by atoms with Crippen molar-refractivity contribution in [1.29, 1.82) is 0 Å². The number of nitrogens with two attached hydrogens (primary N) is 1. The molecule has 2 aliphatic rings. The largest absolute Gasteiger partial charge is 0.480 e. The summed E-state index contributed by atoms with van der Waals surface area (Å²) in [7, 11) is 0. The summed E-state index contributed by atoms with van der Waals surface area (Å²) in [5, 5.41) is 8.92. The smallest absolute Gasteiger partial charge is 0.323 e. The van der Waals surface area contributed by atoms with Gasteiger partial charge in [0.2, 0.25) is 5.91 Å². The van der Waals surface area contributed by atoms with Crippen LogP contribution < -0.4 is 5.73 Å². The lowest BCUT2D eigenvalue weighted by molar-refractivity contribution is -0.147. The van der Waals surface area contributed by atoms with Crippen LogP contribution in [-0.4, -0.2) is 40.5 Å². The van der Waals surface area contributed by atoms with Crippen molar-refractivity contribution in [2.45, 2.75) is 50.6 Å². The van der Waals surface area contributed by atoms with E-state index >= 15 is 0 Å². The molecule has 104 valence electrons. The number of carboxylic acids is 1. The fraction of sp³-hybridized carbons (Fsp3) is 0.833. The number of nitrogens with zero attached hydrogens (tertiary/aromatic N) is 1. The van der Waals surface area contributed by atoms with E-state index in [-0.39, 0.29) is 30.9 Å². The molecule has 0 aromatic heterocycles. The third-order valence-corrected chi connectivity index (χ3v) is 4.02. The molecule has 0 aromatic rings. The number of hydrogen-bond donors (Lipinski definition) is 2. The Kier molecular flexibility index (Phi) is 5.41. The Bertz CT molecular complexity index is 324. The lowest BCUT2D eigenvalue weighted by Crippen LogP contribution is -2.51. The van der Waals surface area contributed by atoms with Crippen molar-refractivity contribution in [3.8, 4) is 0 Å². The zero-order chi connectivity index (χ0) is 12.4. The van der Waals surface area contributed by atoms with Gasteiger partial charge in [-0.2, -0.15) is 0 Å². The van der Waals surface area contributed by atoms with Crippen molar-refractivity contribution < 1.29 is 14.7 Å². The number of carbonyl (C=O) groups is 2. The van der Waals surface area contributed by atoms with E-state index < -0.39 is 12.0 Å². The Morgan fingerprint density at radius 3 is 2.61 bits per heavy atom. The molecule has 18 heavy (non-hydrogen) atoms. The summed E-state index contributed by atoms with van der Waals surface area (Å²) in [5.74, 6) is -0.681. The fourth-order valence-corrected chi connectivity index (χ4v) is 3.17. The Labute approximate surface area is 113 Å². The Morgan fingerprint density at radius 2 is 1.94 bits per heavy atom. The molecule has 3 atom stereocenters. The van der Waals surface area contributed by atoms with E-state index in [4.69, 9.17) is 10.8 Å². The predicted octanol–water partition coefficient (Wildman–Crippen LogP) is 1.00. The van der Waals surface area contributed by atoms with Gasteiger partial charge >= 0.3 is 5.97 Å². The average Bonchev–Trinajstić information content (AvgIpc) is 2.42. The van der Waals surface area contributed by atoms with E-state index in [2.05, 4.69) is 0 Å². The number of rotatable bonds is 2. The van der Waals surface area contributed by atoms with Crippen LogP contribution in [-0.2, 0) is 9.59 Å². The number of halogens is 1. The van der Waals surface area contributed by atoms with Crippen molar-refractivity contribution in [3.63, 3.8) is 0 Å². The maximum absolute atomic E-state index is 12.1. The zero-order valence-electron chi connectivity index (χ0n) is 10.4. The molecule has 1 saturated heterocycles. The van der Waals surface area contributed by atoms with E-state index in [1.165, 1.54) is 11.3 Å². The van der Waals surface area contributed by atoms with Gasteiger partial charge in [0.05, 0.1) is 6.04 Å². The maximum atomic E-state index is 12.1. The van der Waals surface area contributed by atoms with E-state index in [0.29, 0.717) is 12.3 Å². The van der Waals surface area contributed by atoms with Crippen LogP contribution >= 0.6 is 12.4 Å². The monoisotopic (exact) mass is 276 g/mol. The molecule has 5 nitrogen and oxygen atoms in total. The first-order valence-corrected chi connectivity index (χ1v) is 6.37. The fourth-order valence-electron chi connectivity index (χ4n) is 3.17. The second kappa shape index (κ2) is 6.38. The normalized spacial score (nSPS) is 32.2. The predicted molar refractivity (Wildman–Crippen MR) is 69.6 cm³/mol. The van der Waals surface area contributed by atoms with Crippen LogP contribution in [0.15, 0.2) is 0 Å². The SMILES string of the molecule is Cl.N[C@H]1CCC2CCCCC2N(CC(=O)O)C1=O. The summed E-state index contributed by atoms with van der Waals surface area (Å²) in [6.45, 7) is -0.201. The number of likely N-dealkylation sites (tertiary alicyclic amines) is 1. The van der Waals surface area contributed by atoms with Gasteiger partial charge in [-0.1, -0.05) is 12.8 Å². The Morgan fingerprint density at radius 1 is 1.28 bits per heavy atom. The highest BCUT2D eigenvalue weighted by atomic mass is 35.5. The molecule has 1 aliphatic carbocycles. The van der Waals surface area contributed by atoms with Gasteiger partial charge in [0, 0.05) is 6.04 Å². The second-order valence-electron chi connectivity index (χ2n) is 5.16. The first-order valence-electron chi connectivity index (χ1n) is 6.37. The summed E-state index contributed by atoms with van der Waals surface area (Å²) in [6, 6.07) is -0.416. The number of carboxylic acid groups (broad SMARTS) is 1. The molecule has 2 fully saturated rings. The van der Waals surface area contributed by atoms with Gasteiger partial charge < -0.3 is 15.7 Å². The number of hydrogen-bond acceptors (Lipinski definition) is 3. The quantitative estimate of drug-likeness (QED) is 0.788. The van der Waals surface area contributed by atoms with Gasteiger partial charge in [0.15, 0.2) is 0 Å². The van der Waals surface area contributed by atoms with Gasteiger partial charge in [-0.3, -0.25) is 9.59 Å². The minimum absolute atomic E-state index is 0. The molecule has 0 aromatic carbocycles. The molecule has 1 amide bonds. The van der Waals surface area contributed by atoms with Crippen LogP contribution in [0.2, 0.25) is 0 Å². The van der Waals surface area contributed by atoms with Crippen LogP contribution in [0.3, 0.4) is 0 Å². The van der Waals surface area contributed by atoms with Gasteiger partial charge in [0.1, 0.15) is 6.54 Å². The minimum atomic E-state index is -0.947. The highest BCUT2D eigenvalue weighted by molar-refractivity contribution is 5.86. The summed E-state index contributed by atoms with van der Waals surface area (Å²) < 4.78 is 0. The molecule has 0 bridgehead atoms. The van der Waals surface area contributed by atoms with Crippen LogP contribution in [0.1, 0.15) is 38.5 Å². The van der Waals surface area contributed by atoms with E-state index in [1.807, 2.05) is 0 Å². The Hall–Kier alpha value is -0.810. The molecule has 2 rings (SSSR count). The highest BCUT2D eigenvalue weighted by Gasteiger charge is 2.38. The first-order chi connectivity index (χ1) is 8.09. The third-order valence-electron chi connectivity index (χ3n) is 4.02. The van der Waals surface area contributed by atoms with E-state index in [9.17, 15) is 9.59 Å². The number of aliphatic carboxylic acids is 1. The van der Waals surface area contributed by atoms with Crippen LogP contribution in [0.4, 0.5) is 0 Å². The maximum Gasteiger partial charge on any atom is 0.323 e. The van der Waals surface area contributed by atoms with Gasteiger partial charge in [-0.25, -0.2) is 0 Å². The summed E-state index contributed by atoms with van der Waals surface area (Å²) >= 11 is 0. The lowest BCUT2D eigenvalue weighted by Gasteiger charge is -2.37. The van der Waals surface area contributed by atoms with E-state index in [0.717, 1.165) is 25.7 Å². The standard InChI is InChI=1S/C12H20N2O3.ClH/c13-9-6-5-8-3-1-2-4-10(8)14(12(9)17)7-11(15)16;/h8-10H,1-7,13H2,(H,15,16);1H/t8?,9-,10?;/m0./s1. The van der Waals surface area contributed by atoms with Crippen molar-refractivity contribution in [3.05, 3.63) is 0 Å². The Balaban J connectivity index is 0.00000162.